The summed E-state index contributed by atoms with van der Waals surface area (Å²) in [5.41, 5.74) is 3.27. The van der Waals surface area contributed by atoms with E-state index in [0.29, 0.717) is 0 Å². The first kappa shape index (κ1) is 21.4. The number of nitriles is 1. The van der Waals surface area contributed by atoms with Crippen LogP contribution in [0.5, 0.6) is 0 Å². The Morgan fingerprint density at radius 1 is 1.23 bits per heavy atom. The van der Waals surface area contributed by atoms with Gasteiger partial charge in [0.25, 0.3) is 0 Å². The largest absolute Gasteiger partial charge is 0.490 e. The number of hydrogen-bond donors (Lipinski definition) is 2. The highest BCUT2D eigenvalue weighted by molar-refractivity contribution is 5.89. The fourth-order valence-electron chi connectivity index (χ4n) is 2.67. The standard InChI is InChI=1S/C16H12N8.C2HF3O2/c17-3-1-14(11-5-18-9-19-6-11)24-8-12(7-23-24)15-13-2-4-20-16(13)22-10-21-15;3-2(4,5)1(6)7/h2,4-10,14H,1H2,(H,20,21,22);(H,6,7). The Morgan fingerprint density at radius 2 is 1.94 bits per heavy atom. The number of nitrogens with one attached hydrogen (secondary N) is 1. The van der Waals surface area contributed by atoms with Gasteiger partial charge >= 0.3 is 12.1 Å². The van der Waals surface area contributed by atoms with Gasteiger partial charge in [-0.2, -0.15) is 23.5 Å². The van der Waals surface area contributed by atoms with Crippen molar-refractivity contribution in [1.29, 1.82) is 5.26 Å². The normalized spacial score (nSPS) is 11.9. The van der Waals surface area contributed by atoms with Crippen LogP contribution >= 0.6 is 0 Å². The Morgan fingerprint density at radius 3 is 2.58 bits per heavy atom. The van der Waals surface area contributed by atoms with Crippen LogP contribution in [0.25, 0.3) is 22.3 Å². The van der Waals surface area contributed by atoms with E-state index in [1.807, 2.05) is 18.5 Å². The number of fused-ring (bicyclic) bond motifs is 1. The zero-order valence-electron chi connectivity index (χ0n) is 15.5. The molecule has 10 nitrogen and oxygen atoms in total. The lowest BCUT2D eigenvalue weighted by Gasteiger charge is -2.13. The Kier molecular flexibility index (Phi) is 6.20. The molecule has 2 N–H and O–H groups in total. The molecule has 0 aliphatic heterocycles. The molecule has 4 heterocycles. The lowest BCUT2D eigenvalue weighted by atomic mass is 10.1. The summed E-state index contributed by atoms with van der Waals surface area (Å²) in [6, 6.07) is 3.88. The third-order valence-corrected chi connectivity index (χ3v) is 4.04. The predicted molar refractivity (Wildman–Crippen MR) is 99.2 cm³/mol. The summed E-state index contributed by atoms with van der Waals surface area (Å²) in [7, 11) is 0. The van der Waals surface area contributed by atoms with Gasteiger partial charge in [-0.1, -0.05) is 0 Å². The van der Waals surface area contributed by atoms with Crippen molar-refractivity contribution < 1.29 is 23.1 Å². The number of carboxylic acid groups (broad SMARTS) is 1. The molecular weight excluding hydrogens is 417 g/mol. The van der Waals surface area contributed by atoms with E-state index in [0.717, 1.165) is 27.9 Å². The maximum absolute atomic E-state index is 10.6. The predicted octanol–water partition coefficient (Wildman–Crippen LogP) is 2.75. The van der Waals surface area contributed by atoms with Crippen LogP contribution in [-0.2, 0) is 4.79 Å². The minimum absolute atomic E-state index is 0.242. The van der Waals surface area contributed by atoms with E-state index < -0.39 is 12.1 Å². The van der Waals surface area contributed by atoms with Crippen LogP contribution in [0.1, 0.15) is 18.0 Å². The molecule has 0 aromatic carbocycles. The fourth-order valence-corrected chi connectivity index (χ4v) is 2.67. The second-order valence-electron chi connectivity index (χ2n) is 6.02. The third kappa shape index (κ3) is 4.99. The van der Waals surface area contributed by atoms with Crippen LogP contribution in [0.4, 0.5) is 13.2 Å². The van der Waals surface area contributed by atoms with Gasteiger partial charge in [-0.05, 0) is 6.07 Å². The summed E-state index contributed by atoms with van der Waals surface area (Å²) >= 11 is 0. The van der Waals surface area contributed by atoms with E-state index in [4.69, 9.17) is 15.2 Å². The summed E-state index contributed by atoms with van der Waals surface area (Å²) in [5.74, 6) is -2.76. The van der Waals surface area contributed by atoms with E-state index in [1.54, 1.807) is 23.3 Å². The van der Waals surface area contributed by atoms with E-state index in [2.05, 4.69) is 36.1 Å². The summed E-state index contributed by atoms with van der Waals surface area (Å²) in [6.45, 7) is 0. The van der Waals surface area contributed by atoms with Crippen LogP contribution in [0.3, 0.4) is 0 Å². The Hall–Kier alpha value is -4.34. The van der Waals surface area contributed by atoms with Crippen LogP contribution in [0, 0.1) is 11.3 Å². The molecule has 1 unspecified atom stereocenters. The van der Waals surface area contributed by atoms with Crippen molar-refractivity contribution in [2.45, 2.75) is 18.6 Å². The van der Waals surface area contributed by atoms with Crippen LogP contribution in [-0.4, -0.2) is 52.0 Å². The number of aromatic nitrogens is 7. The number of alkyl halides is 3. The van der Waals surface area contributed by atoms with Crippen LogP contribution in [0.2, 0.25) is 0 Å². The van der Waals surface area contributed by atoms with Crippen molar-refractivity contribution in [3.8, 4) is 17.3 Å². The Balaban J connectivity index is 0.000000339. The molecule has 0 saturated carbocycles. The molecule has 0 saturated heterocycles. The average molecular weight is 430 g/mol. The van der Waals surface area contributed by atoms with Crippen molar-refractivity contribution in [1.82, 2.24) is 34.7 Å². The number of carboxylic acids is 1. The van der Waals surface area contributed by atoms with E-state index in [9.17, 15) is 13.2 Å². The Bertz CT molecular complexity index is 1210. The van der Waals surface area contributed by atoms with Gasteiger partial charge in [0.1, 0.15) is 18.3 Å². The van der Waals surface area contributed by atoms with Gasteiger partial charge < -0.3 is 10.1 Å². The average Bonchev–Trinajstić information content (AvgIpc) is 3.42. The van der Waals surface area contributed by atoms with E-state index in [-0.39, 0.29) is 12.5 Å². The maximum Gasteiger partial charge on any atom is 0.490 e. The summed E-state index contributed by atoms with van der Waals surface area (Å²) in [5, 5.41) is 21.6. The minimum Gasteiger partial charge on any atom is -0.475 e. The molecule has 0 spiro atoms. The molecule has 158 valence electrons. The van der Waals surface area contributed by atoms with Gasteiger partial charge in [-0.25, -0.2) is 24.7 Å². The van der Waals surface area contributed by atoms with Crippen LogP contribution in [0.15, 0.2) is 49.7 Å². The first-order valence-electron chi connectivity index (χ1n) is 8.56. The first-order chi connectivity index (χ1) is 14.8. The highest BCUT2D eigenvalue weighted by Gasteiger charge is 2.38. The molecule has 13 heteroatoms. The van der Waals surface area contributed by atoms with Crippen LogP contribution < -0.4 is 0 Å². The number of rotatable bonds is 4. The smallest absolute Gasteiger partial charge is 0.475 e. The quantitative estimate of drug-likeness (QED) is 0.502. The van der Waals surface area contributed by atoms with Crippen molar-refractivity contribution in [3.05, 3.63) is 55.3 Å². The third-order valence-electron chi connectivity index (χ3n) is 4.04. The number of halogens is 3. The lowest BCUT2D eigenvalue weighted by Crippen LogP contribution is -2.21. The number of carbonyl (C=O) groups is 1. The second-order valence-corrected chi connectivity index (χ2v) is 6.02. The topological polar surface area (TPSA) is 146 Å². The van der Waals surface area contributed by atoms with E-state index >= 15 is 0 Å². The lowest BCUT2D eigenvalue weighted by molar-refractivity contribution is -0.192. The Labute approximate surface area is 172 Å². The zero-order valence-corrected chi connectivity index (χ0v) is 15.5. The molecule has 4 aromatic heterocycles. The summed E-state index contributed by atoms with van der Waals surface area (Å²) in [4.78, 5) is 28.6. The molecule has 0 fully saturated rings. The molecule has 1 atom stereocenters. The van der Waals surface area contributed by atoms with E-state index in [1.165, 1.54) is 12.7 Å². The van der Waals surface area contributed by atoms with Crippen molar-refractivity contribution in [2.75, 3.05) is 0 Å². The number of nitrogens with zero attached hydrogens (tertiary/aromatic N) is 7. The van der Waals surface area contributed by atoms with Gasteiger partial charge in [0.05, 0.1) is 30.4 Å². The highest BCUT2D eigenvalue weighted by atomic mass is 19.4. The fraction of sp³-hybridized carbons (Fsp3) is 0.167. The van der Waals surface area contributed by atoms with Crippen molar-refractivity contribution >= 4 is 17.0 Å². The van der Waals surface area contributed by atoms with Gasteiger partial charge in [0.15, 0.2) is 0 Å². The molecule has 0 bridgehead atoms. The molecule has 0 aliphatic rings. The molecule has 4 aromatic rings. The van der Waals surface area contributed by atoms with Gasteiger partial charge in [0.2, 0.25) is 0 Å². The number of hydrogen-bond acceptors (Lipinski definition) is 7. The minimum atomic E-state index is -5.08. The maximum atomic E-state index is 10.6. The molecule has 4 rings (SSSR count). The van der Waals surface area contributed by atoms with Crippen molar-refractivity contribution in [3.63, 3.8) is 0 Å². The van der Waals surface area contributed by atoms with Gasteiger partial charge in [-0.15, -0.1) is 0 Å². The summed E-state index contributed by atoms with van der Waals surface area (Å²) in [6.07, 6.45) is 7.02. The van der Waals surface area contributed by atoms with Gasteiger partial charge in [-0.3, -0.25) is 4.68 Å². The SMILES string of the molecule is N#CCC(c1cncnc1)n1cc(-c2ncnc3[nH]ccc23)cn1.O=C(O)C(F)(F)F. The highest BCUT2D eigenvalue weighted by Crippen LogP contribution is 2.27. The molecule has 0 radical (unpaired) electrons. The number of H-pyrrole nitrogens is 1. The monoisotopic (exact) mass is 430 g/mol. The molecule has 0 amide bonds. The number of aromatic amines is 1. The zero-order chi connectivity index (χ0) is 22.4. The summed E-state index contributed by atoms with van der Waals surface area (Å²) < 4.78 is 33.5. The van der Waals surface area contributed by atoms with Crippen molar-refractivity contribution in [2.24, 2.45) is 0 Å². The molecule has 31 heavy (non-hydrogen) atoms. The number of aliphatic carboxylic acids is 1. The molecular formula is C18H13F3N8O2. The second kappa shape index (κ2) is 8.99. The first-order valence-corrected chi connectivity index (χ1v) is 8.56. The molecule has 0 aliphatic carbocycles. The van der Waals surface area contributed by atoms with Gasteiger partial charge in [0, 0.05) is 41.3 Å².